The summed E-state index contributed by atoms with van der Waals surface area (Å²) in [6.07, 6.45) is 0.553. The Labute approximate surface area is 140 Å². The van der Waals surface area contributed by atoms with E-state index in [0.717, 1.165) is 11.3 Å². The molecule has 0 saturated carbocycles. The maximum Gasteiger partial charge on any atom is 0.277 e. The molecule has 1 amide bonds. The first-order valence-electron chi connectivity index (χ1n) is 7.41. The van der Waals surface area contributed by atoms with E-state index in [1.165, 1.54) is 11.8 Å². The molecule has 0 spiro atoms. The van der Waals surface area contributed by atoms with Gasteiger partial charge in [-0.1, -0.05) is 37.7 Å². The van der Waals surface area contributed by atoms with Crippen LogP contribution in [0.1, 0.15) is 25.3 Å². The van der Waals surface area contributed by atoms with E-state index in [9.17, 15) is 4.79 Å². The summed E-state index contributed by atoms with van der Waals surface area (Å²) in [5, 5.41) is 11.2. The predicted octanol–water partition coefficient (Wildman–Crippen LogP) is 2.53. The summed E-state index contributed by atoms with van der Waals surface area (Å²) in [6.45, 7) is 4.78. The SMILES string of the molecule is COc1ccc(Cc2nnc(SCC(=O)NCC(C)C)o2)cc1. The van der Waals surface area contributed by atoms with Crippen molar-refractivity contribution in [2.45, 2.75) is 25.5 Å². The Morgan fingerprint density at radius 3 is 2.70 bits per heavy atom. The van der Waals surface area contributed by atoms with E-state index in [1.807, 2.05) is 24.3 Å². The molecule has 6 nitrogen and oxygen atoms in total. The summed E-state index contributed by atoms with van der Waals surface area (Å²) in [4.78, 5) is 11.6. The first-order valence-corrected chi connectivity index (χ1v) is 8.40. The van der Waals surface area contributed by atoms with Crippen LogP contribution in [0.25, 0.3) is 0 Å². The van der Waals surface area contributed by atoms with Crippen LogP contribution in [0.15, 0.2) is 33.9 Å². The second-order valence-electron chi connectivity index (χ2n) is 5.47. The maximum absolute atomic E-state index is 11.6. The molecule has 2 rings (SSSR count). The van der Waals surface area contributed by atoms with E-state index in [2.05, 4.69) is 29.4 Å². The molecular weight excluding hydrogens is 314 g/mol. The van der Waals surface area contributed by atoms with Gasteiger partial charge in [0.1, 0.15) is 5.75 Å². The van der Waals surface area contributed by atoms with Gasteiger partial charge < -0.3 is 14.5 Å². The Balaban J connectivity index is 1.81. The number of nitrogens with one attached hydrogen (secondary N) is 1. The van der Waals surface area contributed by atoms with Crippen LogP contribution in [0.2, 0.25) is 0 Å². The number of aromatic nitrogens is 2. The highest BCUT2D eigenvalue weighted by molar-refractivity contribution is 7.99. The lowest BCUT2D eigenvalue weighted by Crippen LogP contribution is -2.28. The summed E-state index contributed by atoms with van der Waals surface area (Å²) in [5.74, 6) is 2.02. The number of rotatable bonds is 8. The molecule has 1 aromatic carbocycles. The van der Waals surface area contributed by atoms with Crippen LogP contribution in [0, 0.1) is 5.92 Å². The minimum Gasteiger partial charge on any atom is -0.497 e. The van der Waals surface area contributed by atoms with Crippen LogP contribution < -0.4 is 10.1 Å². The predicted molar refractivity (Wildman–Crippen MR) is 88.7 cm³/mol. The molecule has 0 aliphatic heterocycles. The number of carbonyl (C=O) groups is 1. The number of ether oxygens (including phenoxy) is 1. The molecule has 0 saturated heterocycles. The normalized spacial score (nSPS) is 10.8. The van der Waals surface area contributed by atoms with Gasteiger partial charge in [-0.05, 0) is 23.6 Å². The highest BCUT2D eigenvalue weighted by Gasteiger charge is 2.10. The number of thioether (sulfide) groups is 1. The number of methoxy groups -OCH3 is 1. The molecule has 2 aromatic rings. The number of benzene rings is 1. The molecule has 124 valence electrons. The second kappa shape index (κ2) is 8.57. The van der Waals surface area contributed by atoms with Crippen molar-refractivity contribution >= 4 is 17.7 Å². The fourth-order valence-corrected chi connectivity index (χ4v) is 2.39. The zero-order valence-corrected chi connectivity index (χ0v) is 14.4. The van der Waals surface area contributed by atoms with Gasteiger partial charge in [-0.3, -0.25) is 4.79 Å². The summed E-state index contributed by atoms with van der Waals surface area (Å²) < 4.78 is 10.7. The first-order chi connectivity index (χ1) is 11.1. The van der Waals surface area contributed by atoms with E-state index < -0.39 is 0 Å². The van der Waals surface area contributed by atoms with Crippen LogP contribution in [0.5, 0.6) is 5.75 Å². The lowest BCUT2D eigenvalue weighted by Gasteiger charge is -2.05. The molecule has 7 heteroatoms. The van der Waals surface area contributed by atoms with E-state index in [1.54, 1.807) is 7.11 Å². The van der Waals surface area contributed by atoms with E-state index in [-0.39, 0.29) is 11.7 Å². The van der Waals surface area contributed by atoms with Crippen molar-refractivity contribution in [3.63, 3.8) is 0 Å². The molecule has 0 atom stereocenters. The van der Waals surface area contributed by atoms with Gasteiger partial charge in [0, 0.05) is 6.54 Å². The quantitative estimate of drug-likeness (QED) is 0.747. The molecule has 0 unspecified atom stereocenters. The number of carbonyl (C=O) groups excluding carboxylic acids is 1. The topological polar surface area (TPSA) is 77.2 Å². The van der Waals surface area contributed by atoms with E-state index in [0.29, 0.717) is 30.0 Å². The van der Waals surface area contributed by atoms with Crippen LogP contribution in [0.3, 0.4) is 0 Å². The molecule has 1 N–H and O–H groups in total. The Hall–Kier alpha value is -2.02. The summed E-state index contributed by atoms with van der Waals surface area (Å²) in [6, 6.07) is 7.69. The third-order valence-electron chi connectivity index (χ3n) is 3.00. The molecule has 1 heterocycles. The van der Waals surface area contributed by atoms with Crippen LogP contribution in [-0.4, -0.2) is 35.5 Å². The second-order valence-corrected chi connectivity index (χ2v) is 6.40. The Morgan fingerprint density at radius 2 is 2.04 bits per heavy atom. The van der Waals surface area contributed by atoms with Gasteiger partial charge in [0.25, 0.3) is 5.22 Å². The lowest BCUT2D eigenvalue weighted by atomic mass is 10.1. The molecule has 0 aliphatic rings. The van der Waals surface area contributed by atoms with Gasteiger partial charge in [0.2, 0.25) is 11.8 Å². The van der Waals surface area contributed by atoms with Crippen LogP contribution in [-0.2, 0) is 11.2 Å². The van der Waals surface area contributed by atoms with Gasteiger partial charge >= 0.3 is 0 Å². The molecule has 0 aliphatic carbocycles. The summed E-state index contributed by atoms with van der Waals surface area (Å²) in [7, 11) is 1.63. The highest BCUT2D eigenvalue weighted by atomic mass is 32.2. The van der Waals surface area contributed by atoms with Gasteiger partial charge in [-0.15, -0.1) is 10.2 Å². The minimum absolute atomic E-state index is 0.0291. The number of nitrogens with zero attached hydrogens (tertiary/aromatic N) is 2. The van der Waals surface area contributed by atoms with Crippen molar-refractivity contribution < 1.29 is 13.9 Å². The lowest BCUT2D eigenvalue weighted by molar-refractivity contribution is -0.118. The molecule has 0 bridgehead atoms. The first kappa shape index (κ1) is 17.3. The van der Waals surface area contributed by atoms with Crippen molar-refractivity contribution in [3.05, 3.63) is 35.7 Å². The highest BCUT2D eigenvalue weighted by Crippen LogP contribution is 2.18. The number of hydrogen-bond acceptors (Lipinski definition) is 6. The molecular formula is C16H21N3O3S. The molecule has 0 fully saturated rings. The smallest absolute Gasteiger partial charge is 0.277 e. The van der Waals surface area contributed by atoms with Crippen LogP contribution >= 0.6 is 11.8 Å². The Bertz CT molecular complexity index is 626. The Morgan fingerprint density at radius 1 is 1.30 bits per heavy atom. The van der Waals surface area contributed by atoms with Crippen molar-refractivity contribution in [2.75, 3.05) is 19.4 Å². The molecule has 1 aromatic heterocycles. The fourth-order valence-electron chi connectivity index (χ4n) is 1.78. The standard InChI is InChI=1S/C16H21N3O3S/c1-11(2)9-17-14(20)10-23-16-19-18-15(22-16)8-12-4-6-13(21-3)7-5-12/h4-7,11H,8-10H2,1-3H3,(H,17,20). The average molecular weight is 335 g/mol. The number of hydrogen-bond donors (Lipinski definition) is 1. The average Bonchev–Trinajstić information content (AvgIpc) is 2.99. The van der Waals surface area contributed by atoms with E-state index >= 15 is 0 Å². The van der Waals surface area contributed by atoms with Gasteiger partial charge in [-0.25, -0.2) is 0 Å². The van der Waals surface area contributed by atoms with Crippen LogP contribution in [0.4, 0.5) is 0 Å². The van der Waals surface area contributed by atoms with Gasteiger partial charge in [-0.2, -0.15) is 0 Å². The molecule has 23 heavy (non-hydrogen) atoms. The zero-order chi connectivity index (χ0) is 16.7. The van der Waals surface area contributed by atoms with Crippen molar-refractivity contribution in [3.8, 4) is 5.75 Å². The maximum atomic E-state index is 11.6. The summed E-state index contributed by atoms with van der Waals surface area (Å²) >= 11 is 1.25. The van der Waals surface area contributed by atoms with Crippen molar-refractivity contribution in [1.29, 1.82) is 0 Å². The van der Waals surface area contributed by atoms with Gasteiger partial charge in [0.05, 0.1) is 19.3 Å². The van der Waals surface area contributed by atoms with Crippen molar-refractivity contribution in [1.82, 2.24) is 15.5 Å². The van der Waals surface area contributed by atoms with E-state index in [4.69, 9.17) is 9.15 Å². The minimum atomic E-state index is -0.0291. The molecule has 0 radical (unpaired) electrons. The fraction of sp³-hybridized carbons (Fsp3) is 0.438. The third kappa shape index (κ3) is 5.94. The summed E-state index contributed by atoms with van der Waals surface area (Å²) in [5.41, 5.74) is 1.06. The van der Waals surface area contributed by atoms with Crippen molar-refractivity contribution in [2.24, 2.45) is 5.92 Å². The largest absolute Gasteiger partial charge is 0.497 e. The number of amides is 1. The monoisotopic (exact) mass is 335 g/mol. The van der Waals surface area contributed by atoms with Gasteiger partial charge in [0.15, 0.2) is 0 Å². The zero-order valence-electron chi connectivity index (χ0n) is 13.5. The third-order valence-corrected chi connectivity index (χ3v) is 3.82. The Kier molecular flexibility index (Phi) is 6.46.